The van der Waals surface area contributed by atoms with Crippen molar-refractivity contribution in [2.45, 2.75) is 37.9 Å². The number of aliphatic carboxylic acids is 1. The van der Waals surface area contributed by atoms with Crippen LogP contribution < -0.4 is 0 Å². The largest absolute Gasteiger partial charge is 0.479 e. The minimum absolute atomic E-state index is 0.116. The van der Waals surface area contributed by atoms with Gasteiger partial charge in [-0.25, -0.2) is 4.79 Å². The molecule has 1 aliphatic rings. The maximum atomic E-state index is 11.8. The van der Waals surface area contributed by atoms with Crippen molar-refractivity contribution in [3.05, 3.63) is 35.9 Å². The molecule has 2 rings (SSSR count). The van der Waals surface area contributed by atoms with Gasteiger partial charge < -0.3 is 24.1 Å². The predicted octanol–water partition coefficient (Wildman–Crippen LogP) is 1.82. The second kappa shape index (κ2) is 6.75. The Morgan fingerprint density at radius 1 is 1.32 bits per heavy atom. The van der Waals surface area contributed by atoms with E-state index in [9.17, 15) is 9.90 Å². The lowest BCUT2D eigenvalue weighted by atomic mass is 9.98. The van der Waals surface area contributed by atoms with Gasteiger partial charge in [-0.15, -0.1) is 0 Å². The van der Waals surface area contributed by atoms with E-state index in [1.54, 1.807) is 13.8 Å². The van der Waals surface area contributed by atoms with Crippen molar-refractivity contribution in [1.29, 1.82) is 0 Å². The third-order valence-electron chi connectivity index (χ3n) is 3.48. The Morgan fingerprint density at radius 3 is 2.59 bits per heavy atom. The molecule has 22 heavy (non-hydrogen) atoms. The van der Waals surface area contributed by atoms with E-state index in [2.05, 4.69) is 0 Å². The van der Waals surface area contributed by atoms with E-state index in [-0.39, 0.29) is 13.2 Å². The molecule has 0 unspecified atom stereocenters. The Bertz CT molecular complexity index is 501. The monoisotopic (exact) mass is 310 g/mol. The summed E-state index contributed by atoms with van der Waals surface area (Å²) in [5.74, 6) is -2.12. The smallest absolute Gasteiger partial charge is 0.341 e. The van der Waals surface area contributed by atoms with Gasteiger partial charge in [0.1, 0.15) is 6.10 Å². The molecule has 122 valence electrons. The average Bonchev–Trinajstić information content (AvgIpc) is 2.72. The Morgan fingerprint density at radius 2 is 2.00 bits per heavy atom. The van der Waals surface area contributed by atoms with E-state index in [0.29, 0.717) is 6.61 Å². The second-order valence-electron chi connectivity index (χ2n) is 5.74. The van der Waals surface area contributed by atoms with Crippen LogP contribution in [0.2, 0.25) is 0 Å². The quantitative estimate of drug-likeness (QED) is 0.828. The van der Waals surface area contributed by atoms with Crippen LogP contribution in [-0.4, -0.2) is 48.9 Å². The van der Waals surface area contributed by atoms with Crippen LogP contribution >= 0.6 is 0 Å². The number of methoxy groups -OCH3 is 1. The highest BCUT2D eigenvalue weighted by Gasteiger charge is 2.59. The number of hydrogen-bond donors (Lipinski definition) is 1. The van der Waals surface area contributed by atoms with E-state index in [0.717, 1.165) is 5.56 Å². The van der Waals surface area contributed by atoms with Crippen LogP contribution in [0.4, 0.5) is 0 Å². The van der Waals surface area contributed by atoms with Crippen LogP contribution in [0.3, 0.4) is 0 Å². The van der Waals surface area contributed by atoms with Crippen LogP contribution in [0.25, 0.3) is 0 Å². The minimum atomic E-state index is -1.58. The summed E-state index contributed by atoms with van der Waals surface area (Å²) >= 11 is 0. The van der Waals surface area contributed by atoms with Gasteiger partial charge >= 0.3 is 5.97 Å². The maximum absolute atomic E-state index is 11.8. The molecule has 0 spiro atoms. The van der Waals surface area contributed by atoms with Gasteiger partial charge in [0.25, 0.3) is 0 Å². The van der Waals surface area contributed by atoms with Gasteiger partial charge in [-0.05, 0) is 19.4 Å². The molecule has 2 atom stereocenters. The third kappa shape index (κ3) is 3.64. The van der Waals surface area contributed by atoms with Gasteiger partial charge in [0, 0.05) is 7.11 Å². The van der Waals surface area contributed by atoms with E-state index in [4.69, 9.17) is 18.9 Å². The topological polar surface area (TPSA) is 74.2 Å². The Balaban J connectivity index is 2.08. The molecule has 1 aliphatic heterocycles. The Hall–Kier alpha value is -1.47. The highest BCUT2D eigenvalue weighted by atomic mass is 16.8. The molecule has 1 saturated heterocycles. The third-order valence-corrected chi connectivity index (χ3v) is 3.48. The van der Waals surface area contributed by atoms with Crippen LogP contribution in [-0.2, 0) is 30.3 Å². The van der Waals surface area contributed by atoms with Gasteiger partial charge in [0.05, 0.1) is 19.8 Å². The van der Waals surface area contributed by atoms with Crippen molar-refractivity contribution < 1.29 is 28.8 Å². The van der Waals surface area contributed by atoms with Crippen molar-refractivity contribution in [2.24, 2.45) is 0 Å². The lowest BCUT2D eigenvalue weighted by molar-refractivity contribution is -0.195. The van der Waals surface area contributed by atoms with Crippen LogP contribution in [0.1, 0.15) is 19.4 Å². The van der Waals surface area contributed by atoms with Gasteiger partial charge in [-0.1, -0.05) is 30.3 Å². The predicted molar refractivity (Wildman–Crippen MR) is 78.4 cm³/mol. The number of carboxylic acid groups (broad SMARTS) is 1. The summed E-state index contributed by atoms with van der Waals surface area (Å²) in [6.07, 6.45) is -0.735. The normalized spacial score (nSPS) is 27.0. The fraction of sp³-hybridized carbons (Fsp3) is 0.562. The van der Waals surface area contributed by atoms with Gasteiger partial charge in [-0.2, -0.15) is 0 Å². The molecule has 1 fully saturated rings. The van der Waals surface area contributed by atoms with E-state index in [1.165, 1.54) is 7.11 Å². The molecule has 0 aromatic heterocycles. The summed E-state index contributed by atoms with van der Waals surface area (Å²) in [5, 5.41) is 9.65. The number of carboxylic acids is 1. The maximum Gasteiger partial charge on any atom is 0.341 e. The molecule has 6 heteroatoms. The summed E-state index contributed by atoms with van der Waals surface area (Å²) in [7, 11) is 1.49. The zero-order chi connectivity index (χ0) is 16.2. The van der Waals surface area contributed by atoms with Crippen LogP contribution in [0.15, 0.2) is 30.3 Å². The fourth-order valence-corrected chi connectivity index (χ4v) is 2.55. The molecule has 1 aromatic rings. The Kier molecular flexibility index (Phi) is 5.18. The highest BCUT2D eigenvalue weighted by Crippen LogP contribution is 2.37. The molecular weight excluding hydrogens is 288 g/mol. The molecular formula is C16H22O6. The number of hydrogen-bond acceptors (Lipinski definition) is 5. The number of ether oxygens (including phenoxy) is 4. The van der Waals surface area contributed by atoms with Gasteiger partial charge in [0.2, 0.25) is 5.60 Å². The molecule has 0 amide bonds. The number of benzene rings is 1. The van der Waals surface area contributed by atoms with Crippen LogP contribution in [0, 0.1) is 0 Å². The second-order valence-corrected chi connectivity index (χ2v) is 5.74. The van der Waals surface area contributed by atoms with E-state index >= 15 is 0 Å². The first-order valence-corrected chi connectivity index (χ1v) is 7.11. The van der Waals surface area contributed by atoms with Crippen molar-refractivity contribution >= 4 is 5.97 Å². The first-order chi connectivity index (χ1) is 10.4. The number of carbonyl (C=O) groups is 1. The van der Waals surface area contributed by atoms with Crippen molar-refractivity contribution in [3.63, 3.8) is 0 Å². The summed E-state index contributed by atoms with van der Waals surface area (Å²) in [6.45, 7) is 3.66. The molecule has 1 heterocycles. The molecule has 0 saturated carbocycles. The molecule has 1 N–H and O–H groups in total. The van der Waals surface area contributed by atoms with Crippen molar-refractivity contribution in [2.75, 3.05) is 20.3 Å². The molecule has 0 aliphatic carbocycles. The zero-order valence-corrected chi connectivity index (χ0v) is 13.1. The fourth-order valence-electron chi connectivity index (χ4n) is 2.55. The minimum Gasteiger partial charge on any atom is -0.479 e. The standard InChI is InChI=1S/C16H22O6/c1-15(2)21-13(10-19-3)16(22-15,14(17)18)11-20-9-12-7-5-4-6-8-12/h4-8,13H,9-11H2,1-3H3,(H,17,18)/t13-,16+/m0/s1. The molecule has 6 nitrogen and oxygen atoms in total. The van der Waals surface area contributed by atoms with Gasteiger partial charge in [0.15, 0.2) is 5.79 Å². The van der Waals surface area contributed by atoms with Crippen molar-refractivity contribution in [3.8, 4) is 0 Å². The molecule has 1 aromatic carbocycles. The first kappa shape index (κ1) is 16.9. The van der Waals surface area contributed by atoms with E-state index in [1.807, 2.05) is 30.3 Å². The average molecular weight is 310 g/mol. The number of rotatable bonds is 7. The van der Waals surface area contributed by atoms with E-state index < -0.39 is 23.5 Å². The zero-order valence-electron chi connectivity index (χ0n) is 13.1. The summed E-state index contributed by atoms with van der Waals surface area (Å²) in [4.78, 5) is 11.8. The van der Waals surface area contributed by atoms with Crippen LogP contribution in [0.5, 0.6) is 0 Å². The SMILES string of the molecule is COC[C@@H]1OC(C)(C)O[C@@]1(COCc1ccccc1)C(=O)O. The summed E-state index contributed by atoms with van der Waals surface area (Å²) in [5.41, 5.74) is -0.613. The molecule has 0 radical (unpaired) electrons. The van der Waals surface area contributed by atoms with Gasteiger partial charge in [-0.3, -0.25) is 0 Å². The lowest BCUT2D eigenvalue weighted by Crippen LogP contribution is -2.53. The van der Waals surface area contributed by atoms with Crippen molar-refractivity contribution in [1.82, 2.24) is 0 Å². The highest BCUT2D eigenvalue weighted by molar-refractivity contribution is 5.79. The first-order valence-electron chi connectivity index (χ1n) is 7.11. The molecule has 0 bridgehead atoms. The Labute approximate surface area is 129 Å². The summed E-state index contributed by atoms with van der Waals surface area (Å²) in [6, 6.07) is 9.54. The lowest BCUT2D eigenvalue weighted by Gasteiger charge is -2.28. The summed E-state index contributed by atoms with van der Waals surface area (Å²) < 4.78 is 22.0.